The van der Waals surface area contributed by atoms with Crippen molar-refractivity contribution in [1.29, 1.82) is 0 Å². The Morgan fingerprint density at radius 3 is 2.12 bits per heavy atom. The molecule has 2 aromatic carbocycles. The van der Waals surface area contributed by atoms with Crippen molar-refractivity contribution in [2.24, 2.45) is 5.92 Å². The molecule has 0 saturated carbocycles. The molecule has 1 saturated heterocycles. The molecule has 2 unspecified atom stereocenters. The highest BCUT2D eigenvalue weighted by atomic mass is 19.4. The van der Waals surface area contributed by atoms with Gasteiger partial charge in [-0.1, -0.05) is 30.3 Å². The summed E-state index contributed by atoms with van der Waals surface area (Å²) in [5.74, 6) is -1.81. The van der Waals surface area contributed by atoms with Crippen molar-refractivity contribution >= 4 is 17.7 Å². The van der Waals surface area contributed by atoms with Crippen molar-refractivity contribution in [2.45, 2.75) is 51.0 Å². The van der Waals surface area contributed by atoms with Gasteiger partial charge in [0.1, 0.15) is 0 Å². The highest BCUT2D eigenvalue weighted by molar-refractivity contribution is 5.81. The summed E-state index contributed by atoms with van der Waals surface area (Å²) in [6.07, 6.45) is -9.04. The van der Waals surface area contributed by atoms with Crippen LogP contribution in [0.1, 0.15) is 54.4 Å². The van der Waals surface area contributed by atoms with Gasteiger partial charge >= 0.3 is 12.4 Å². The molecule has 3 rings (SSSR count). The van der Waals surface area contributed by atoms with E-state index < -0.39 is 47.8 Å². The summed E-state index contributed by atoms with van der Waals surface area (Å²) in [4.78, 5) is 40.2. The van der Waals surface area contributed by atoms with Crippen molar-refractivity contribution < 1.29 is 40.7 Å². The summed E-state index contributed by atoms with van der Waals surface area (Å²) in [7, 11) is 1.34. The number of rotatable bonds is 8. The summed E-state index contributed by atoms with van der Waals surface area (Å²) >= 11 is 0. The van der Waals surface area contributed by atoms with Gasteiger partial charge in [0.05, 0.1) is 11.1 Å². The van der Waals surface area contributed by atoms with Gasteiger partial charge in [0.25, 0.3) is 0 Å². The van der Waals surface area contributed by atoms with E-state index in [1.54, 1.807) is 23.1 Å². The van der Waals surface area contributed by atoms with Gasteiger partial charge in [-0.25, -0.2) is 0 Å². The number of nitrogens with one attached hydrogen (secondary N) is 1. The van der Waals surface area contributed by atoms with Crippen LogP contribution in [0.3, 0.4) is 0 Å². The molecule has 1 N–H and O–H groups in total. The molecule has 0 bridgehead atoms. The van der Waals surface area contributed by atoms with E-state index in [0.29, 0.717) is 25.1 Å². The smallest absolute Gasteiger partial charge is 0.356 e. The second-order valence-electron chi connectivity index (χ2n) is 9.95. The Bertz CT molecular complexity index is 1170. The van der Waals surface area contributed by atoms with Crippen molar-refractivity contribution in [1.82, 2.24) is 15.1 Å². The van der Waals surface area contributed by atoms with E-state index in [-0.39, 0.29) is 49.4 Å². The van der Waals surface area contributed by atoms with E-state index in [4.69, 9.17) is 0 Å². The first-order valence-electron chi connectivity index (χ1n) is 12.8. The molecule has 0 aliphatic carbocycles. The summed E-state index contributed by atoms with van der Waals surface area (Å²) < 4.78 is 79.8. The van der Waals surface area contributed by atoms with E-state index in [0.717, 1.165) is 10.5 Å². The van der Waals surface area contributed by atoms with Crippen LogP contribution in [0.5, 0.6) is 0 Å². The van der Waals surface area contributed by atoms with Crippen molar-refractivity contribution in [3.8, 4) is 0 Å². The standard InChI is InChI=1S/C28H31F6N3O3/c1-18(38)35-11-6-9-25(39)37-12-10-23(24(17-37)20-7-4-3-5-8-20)26(40)36(2)16-19-13-21(27(29,30)31)15-22(14-19)28(32,33)34/h3-5,7-8,13-15,23-24H,6,9-12,16-17H2,1-2H3,(H,35,38). The molecular formula is C28H31F6N3O3. The fourth-order valence-corrected chi connectivity index (χ4v) is 4.92. The lowest BCUT2D eigenvalue weighted by Gasteiger charge is -2.39. The number of hydrogen-bond donors (Lipinski definition) is 1. The first-order chi connectivity index (χ1) is 18.7. The number of benzene rings is 2. The monoisotopic (exact) mass is 571 g/mol. The largest absolute Gasteiger partial charge is 0.416 e. The van der Waals surface area contributed by atoms with Crippen molar-refractivity contribution in [2.75, 3.05) is 26.7 Å². The van der Waals surface area contributed by atoms with Gasteiger partial charge in [-0.2, -0.15) is 26.3 Å². The van der Waals surface area contributed by atoms with Crippen molar-refractivity contribution in [3.63, 3.8) is 0 Å². The van der Waals surface area contributed by atoms with Crippen LogP contribution in [-0.2, 0) is 33.3 Å². The van der Waals surface area contributed by atoms with E-state index >= 15 is 0 Å². The van der Waals surface area contributed by atoms with Gasteiger partial charge in [-0.15, -0.1) is 0 Å². The van der Waals surface area contributed by atoms with Crippen LogP contribution in [-0.4, -0.2) is 54.2 Å². The maximum Gasteiger partial charge on any atom is 0.416 e. The zero-order valence-electron chi connectivity index (χ0n) is 22.1. The van der Waals surface area contributed by atoms with Gasteiger partial charge in [-0.05, 0) is 42.2 Å². The summed E-state index contributed by atoms with van der Waals surface area (Å²) in [6.45, 7) is 1.79. The molecular weight excluding hydrogens is 540 g/mol. The lowest BCUT2D eigenvalue weighted by Crippen LogP contribution is -2.47. The van der Waals surface area contributed by atoms with Crippen LogP contribution in [0.4, 0.5) is 26.3 Å². The number of hydrogen-bond acceptors (Lipinski definition) is 3. The highest BCUT2D eigenvalue weighted by Gasteiger charge is 2.39. The average Bonchev–Trinajstić information content (AvgIpc) is 2.89. The van der Waals surface area contributed by atoms with Gasteiger partial charge in [0.2, 0.25) is 17.7 Å². The van der Waals surface area contributed by atoms with Gasteiger partial charge < -0.3 is 15.1 Å². The third-order valence-corrected chi connectivity index (χ3v) is 6.90. The van der Waals surface area contributed by atoms with Gasteiger partial charge in [0, 0.05) is 58.4 Å². The fraction of sp³-hybridized carbons (Fsp3) is 0.464. The Kier molecular flexibility index (Phi) is 9.86. The normalized spacial score (nSPS) is 17.9. The number of alkyl halides is 6. The Morgan fingerprint density at radius 1 is 0.975 bits per heavy atom. The number of piperidine rings is 1. The van der Waals surface area contributed by atoms with E-state index in [2.05, 4.69) is 5.32 Å². The van der Waals surface area contributed by atoms with Crippen LogP contribution in [0.25, 0.3) is 0 Å². The number of carbonyl (C=O) groups is 3. The molecule has 6 nitrogen and oxygen atoms in total. The molecule has 1 heterocycles. The molecule has 0 radical (unpaired) electrons. The second kappa shape index (κ2) is 12.7. The predicted molar refractivity (Wildman–Crippen MR) is 135 cm³/mol. The van der Waals surface area contributed by atoms with Crippen LogP contribution < -0.4 is 5.32 Å². The Hall–Kier alpha value is -3.57. The Balaban J connectivity index is 1.79. The van der Waals surface area contributed by atoms with E-state index in [1.165, 1.54) is 14.0 Å². The minimum Gasteiger partial charge on any atom is -0.356 e. The number of carbonyl (C=O) groups excluding carboxylic acids is 3. The number of halogens is 6. The Labute approximate surface area is 228 Å². The zero-order valence-corrected chi connectivity index (χ0v) is 22.1. The van der Waals surface area contributed by atoms with E-state index in [1.807, 2.05) is 12.1 Å². The number of nitrogens with zero attached hydrogens (tertiary/aromatic N) is 2. The number of likely N-dealkylation sites (tertiary alicyclic amines) is 1. The maximum atomic E-state index is 13.5. The SMILES string of the molecule is CC(=O)NCCCC(=O)N1CCC(C(=O)N(C)Cc2cc(C(F)(F)F)cc(C(F)(F)F)c2)C(c2ccccc2)C1. The highest BCUT2D eigenvalue weighted by Crippen LogP contribution is 2.37. The molecule has 2 atom stereocenters. The van der Waals surface area contributed by atoms with Crippen molar-refractivity contribution in [3.05, 3.63) is 70.8 Å². The number of amides is 3. The molecule has 1 fully saturated rings. The Morgan fingerprint density at radius 2 is 1.57 bits per heavy atom. The minimum atomic E-state index is -4.99. The van der Waals surface area contributed by atoms with E-state index in [9.17, 15) is 40.7 Å². The third-order valence-electron chi connectivity index (χ3n) is 6.90. The summed E-state index contributed by atoms with van der Waals surface area (Å²) in [6, 6.07) is 10.3. The molecule has 1 aliphatic rings. The lowest BCUT2D eigenvalue weighted by atomic mass is 9.79. The first-order valence-corrected chi connectivity index (χ1v) is 12.8. The topological polar surface area (TPSA) is 69.7 Å². The maximum absolute atomic E-state index is 13.5. The van der Waals surface area contributed by atoms with Crippen LogP contribution in [0.2, 0.25) is 0 Å². The minimum absolute atomic E-state index is 0.0552. The molecule has 0 spiro atoms. The molecule has 12 heteroatoms. The third kappa shape index (κ3) is 8.22. The van der Waals surface area contributed by atoms with Gasteiger partial charge in [-0.3, -0.25) is 14.4 Å². The van der Waals surface area contributed by atoms with Crippen LogP contribution in [0.15, 0.2) is 48.5 Å². The molecule has 2 aromatic rings. The first kappa shape index (κ1) is 31.0. The lowest BCUT2D eigenvalue weighted by molar-refractivity contribution is -0.143. The predicted octanol–water partition coefficient (Wildman–Crippen LogP) is 5.23. The van der Waals surface area contributed by atoms with Gasteiger partial charge in [0.15, 0.2) is 0 Å². The molecule has 40 heavy (non-hydrogen) atoms. The zero-order chi connectivity index (χ0) is 29.7. The fourth-order valence-electron chi connectivity index (χ4n) is 4.92. The summed E-state index contributed by atoms with van der Waals surface area (Å²) in [5, 5.41) is 2.63. The van der Waals surface area contributed by atoms with Crippen LogP contribution >= 0.6 is 0 Å². The molecule has 3 amide bonds. The summed E-state index contributed by atoms with van der Waals surface area (Å²) in [5.41, 5.74) is -2.37. The van der Waals surface area contributed by atoms with Crippen LogP contribution in [0, 0.1) is 5.92 Å². The molecule has 218 valence electrons. The molecule has 1 aliphatic heterocycles. The average molecular weight is 572 g/mol. The second-order valence-corrected chi connectivity index (χ2v) is 9.95. The quantitative estimate of drug-likeness (QED) is 0.349. The molecule has 0 aromatic heterocycles.